The van der Waals surface area contributed by atoms with Gasteiger partial charge >= 0.3 is 0 Å². The number of hydrogen-bond acceptors (Lipinski definition) is 4. The zero-order chi connectivity index (χ0) is 20.4. The summed E-state index contributed by atoms with van der Waals surface area (Å²) in [6.07, 6.45) is 2.63. The van der Waals surface area contributed by atoms with Gasteiger partial charge in [-0.1, -0.05) is 30.3 Å². The van der Waals surface area contributed by atoms with Crippen molar-refractivity contribution in [2.45, 2.75) is 38.3 Å². The van der Waals surface area contributed by atoms with Gasteiger partial charge in [0.1, 0.15) is 0 Å². The Morgan fingerprint density at radius 2 is 1.83 bits per heavy atom. The lowest BCUT2D eigenvalue weighted by Gasteiger charge is -2.41. The van der Waals surface area contributed by atoms with Crippen LogP contribution in [-0.2, 0) is 11.2 Å². The van der Waals surface area contributed by atoms with Crippen molar-refractivity contribution in [1.82, 2.24) is 10.2 Å². The summed E-state index contributed by atoms with van der Waals surface area (Å²) < 4.78 is 11.1. The molecule has 0 aliphatic carbocycles. The number of rotatable bonds is 4. The Morgan fingerprint density at radius 1 is 1.10 bits per heavy atom. The number of methoxy groups -OCH3 is 2. The summed E-state index contributed by atoms with van der Waals surface area (Å²) in [7, 11) is 3.32. The molecule has 2 aromatic carbocycles. The minimum absolute atomic E-state index is 0.0826. The number of benzene rings is 2. The first-order chi connectivity index (χ1) is 14.1. The zero-order valence-corrected chi connectivity index (χ0v) is 17.5. The van der Waals surface area contributed by atoms with Crippen LogP contribution < -0.4 is 14.8 Å². The summed E-state index contributed by atoms with van der Waals surface area (Å²) in [5, 5.41) is 3.45. The average Bonchev–Trinajstić information content (AvgIpc) is 2.77. The van der Waals surface area contributed by atoms with Crippen LogP contribution in [-0.4, -0.2) is 44.2 Å². The highest BCUT2D eigenvalue weighted by atomic mass is 16.5. The predicted octanol–water partition coefficient (Wildman–Crippen LogP) is 3.57. The summed E-state index contributed by atoms with van der Waals surface area (Å²) in [4.78, 5) is 15.7. The summed E-state index contributed by atoms with van der Waals surface area (Å²) in [6, 6.07) is 14.7. The highest BCUT2D eigenvalue weighted by molar-refractivity contribution is 5.80. The Morgan fingerprint density at radius 3 is 2.52 bits per heavy atom. The Balaban J connectivity index is 1.76. The van der Waals surface area contributed by atoms with Crippen LogP contribution in [0.25, 0.3) is 0 Å². The van der Waals surface area contributed by atoms with E-state index in [1.54, 1.807) is 14.2 Å². The van der Waals surface area contributed by atoms with Gasteiger partial charge < -0.3 is 19.7 Å². The van der Waals surface area contributed by atoms with Crippen LogP contribution in [0, 0.1) is 5.92 Å². The Bertz CT molecular complexity index is 868. The molecule has 2 heterocycles. The van der Waals surface area contributed by atoms with Gasteiger partial charge in [0.15, 0.2) is 11.5 Å². The molecule has 0 spiro atoms. The number of nitrogens with one attached hydrogen (secondary N) is 1. The van der Waals surface area contributed by atoms with Gasteiger partial charge in [0.2, 0.25) is 5.91 Å². The summed E-state index contributed by atoms with van der Waals surface area (Å²) in [6.45, 7) is 3.79. The molecule has 5 nitrogen and oxygen atoms in total. The van der Waals surface area contributed by atoms with Crippen molar-refractivity contribution in [2.24, 2.45) is 5.92 Å². The molecule has 2 aromatic rings. The topological polar surface area (TPSA) is 50.8 Å². The molecule has 0 bridgehead atoms. The molecule has 29 heavy (non-hydrogen) atoms. The standard InChI is InChI=1S/C24H30N2O3/c1-16-13-19(9-11-25-16)24(27)26-12-10-18-14-21(28-2)22(29-3)15-20(18)23(26)17-7-5-4-6-8-17/h4-8,14-16,19,23,25H,9-13H2,1-3H3/t16-,19-,23?/m0/s1. The van der Waals surface area contributed by atoms with Crippen molar-refractivity contribution in [3.8, 4) is 11.5 Å². The molecular formula is C24H30N2O3. The number of hydrogen-bond donors (Lipinski definition) is 1. The van der Waals surface area contributed by atoms with Crippen LogP contribution in [0.5, 0.6) is 11.5 Å². The van der Waals surface area contributed by atoms with Gasteiger partial charge in [-0.3, -0.25) is 4.79 Å². The molecule has 2 aliphatic heterocycles. The second-order valence-electron chi connectivity index (χ2n) is 8.08. The van der Waals surface area contributed by atoms with E-state index < -0.39 is 0 Å². The first-order valence-electron chi connectivity index (χ1n) is 10.5. The first-order valence-corrected chi connectivity index (χ1v) is 10.5. The molecular weight excluding hydrogens is 364 g/mol. The fraction of sp³-hybridized carbons (Fsp3) is 0.458. The largest absolute Gasteiger partial charge is 0.493 e. The van der Waals surface area contributed by atoms with Gasteiger partial charge in [-0.25, -0.2) is 0 Å². The third kappa shape index (κ3) is 3.84. The average molecular weight is 395 g/mol. The second kappa shape index (κ2) is 8.46. The zero-order valence-electron chi connectivity index (χ0n) is 17.5. The third-order valence-electron chi connectivity index (χ3n) is 6.24. The molecule has 0 saturated carbocycles. The molecule has 0 aromatic heterocycles. The van der Waals surface area contributed by atoms with Gasteiger partial charge in [-0.15, -0.1) is 0 Å². The smallest absolute Gasteiger partial charge is 0.226 e. The van der Waals surface area contributed by atoms with Crippen LogP contribution in [0.15, 0.2) is 42.5 Å². The van der Waals surface area contributed by atoms with Gasteiger partial charge in [0.25, 0.3) is 0 Å². The number of fused-ring (bicyclic) bond motifs is 1. The lowest BCUT2D eigenvalue weighted by atomic mass is 9.85. The maximum Gasteiger partial charge on any atom is 0.226 e. The number of carbonyl (C=O) groups excluding carboxylic acids is 1. The van der Waals surface area contributed by atoms with Crippen LogP contribution in [0.1, 0.15) is 42.5 Å². The van der Waals surface area contributed by atoms with Gasteiger partial charge in [0.05, 0.1) is 20.3 Å². The van der Waals surface area contributed by atoms with Crippen molar-refractivity contribution in [2.75, 3.05) is 27.3 Å². The van der Waals surface area contributed by atoms with Crippen molar-refractivity contribution < 1.29 is 14.3 Å². The van der Waals surface area contributed by atoms with Crippen LogP contribution in [0.3, 0.4) is 0 Å². The SMILES string of the molecule is COc1cc2c(cc1OC)C(c1ccccc1)N(C(=O)[C@H]1CCN[C@@H](C)C1)CC2. The Hall–Kier alpha value is -2.53. The quantitative estimate of drug-likeness (QED) is 0.861. The predicted molar refractivity (Wildman–Crippen MR) is 113 cm³/mol. The number of ether oxygens (including phenoxy) is 2. The van der Waals surface area contributed by atoms with E-state index in [0.717, 1.165) is 49.2 Å². The lowest BCUT2D eigenvalue weighted by Crippen LogP contribution is -2.47. The number of piperidine rings is 1. The number of carbonyl (C=O) groups is 1. The molecule has 1 amide bonds. The molecule has 2 aliphatic rings. The van der Waals surface area contributed by atoms with Crippen LogP contribution in [0.4, 0.5) is 0 Å². The normalized spacial score (nSPS) is 24.0. The molecule has 0 radical (unpaired) electrons. The number of amides is 1. The fourth-order valence-electron chi connectivity index (χ4n) is 4.77. The monoisotopic (exact) mass is 394 g/mol. The van der Waals surface area contributed by atoms with Crippen molar-refractivity contribution in [3.63, 3.8) is 0 Å². The Labute approximate surface area is 173 Å². The minimum atomic E-state index is -0.0996. The van der Waals surface area contributed by atoms with E-state index in [2.05, 4.69) is 41.4 Å². The van der Waals surface area contributed by atoms with Crippen molar-refractivity contribution in [1.29, 1.82) is 0 Å². The summed E-state index contributed by atoms with van der Waals surface area (Å²) >= 11 is 0. The minimum Gasteiger partial charge on any atom is -0.493 e. The van der Waals surface area contributed by atoms with E-state index in [-0.39, 0.29) is 17.9 Å². The van der Waals surface area contributed by atoms with E-state index in [9.17, 15) is 4.79 Å². The van der Waals surface area contributed by atoms with E-state index >= 15 is 0 Å². The lowest BCUT2D eigenvalue weighted by molar-refractivity contribution is -0.138. The second-order valence-corrected chi connectivity index (χ2v) is 8.08. The highest BCUT2D eigenvalue weighted by Gasteiger charge is 2.37. The Kier molecular flexibility index (Phi) is 5.76. The van der Waals surface area contributed by atoms with Crippen LogP contribution >= 0.6 is 0 Å². The summed E-state index contributed by atoms with van der Waals surface area (Å²) in [5.41, 5.74) is 3.49. The number of nitrogens with zero attached hydrogens (tertiary/aromatic N) is 1. The van der Waals surface area contributed by atoms with E-state index in [4.69, 9.17) is 9.47 Å². The molecule has 4 rings (SSSR count). The van der Waals surface area contributed by atoms with Gasteiger partial charge in [0, 0.05) is 18.5 Å². The summed E-state index contributed by atoms with van der Waals surface area (Å²) in [5.74, 6) is 1.80. The third-order valence-corrected chi connectivity index (χ3v) is 6.24. The molecule has 3 atom stereocenters. The highest BCUT2D eigenvalue weighted by Crippen LogP contribution is 2.41. The molecule has 1 saturated heterocycles. The fourth-order valence-corrected chi connectivity index (χ4v) is 4.77. The first kappa shape index (κ1) is 19.8. The van der Waals surface area contributed by atoms with Crippen LogP contribution in [0.2, 0.25) is 0 Å². The van der Waals surface area contributed by atoms with Crippen molar-refractivity contribution >= 4 is 5.91 Å². The molecule has 1 N–H and O–H groups in total. The van der Waals surface area contributed by atoms with E-state index in [0.29, 0.717) is 11.8 Å². The molecule has 1 fully saturated rings. The maximum absolute atomic E-state index is 13.6. The molecule has 154 valence electrons. The van der Waals surface area contributed by atoms with Crippen molar-refractivity contribution in [3.05, 3.63) is 59.2 Å². The van der Waals surface area contributed by atoms with E-state index in [1.165, 1.54) is 5.56 Å². The van der Waals surface area contributed by atoms with E-state index in [1.807, 2.05) is 18.2 Å². The maximum atomic E-state index is 13.6. The molecule has 1 unspecified atom stereocenters. The molecule has 5 heteroatoms. The van der Waals surface area contributed by atoms with Gasteiger partial charge in [-0.2, -0.15) is 0 Å². The van der Waals surface area contributed by atoms with Gasteiger partial charge in [-0.05, 0) is 61.6 Å².